The number of carbonyl (C=O) groups excluding carboxylic acids is 2. The summed E-state index contributed by atoms with van der Waals surface area (Å²) >= 11 is 5.84. The van der Waals surface area contributed by atoms with Gasteiger partial charge in [-0.15, -0.1) is 0 Å². The van der Waals surface area contributed by atoms with Crippen LogP contribution >= 0.6 is 11.6 Å². The Hall–Kier alpha value is -2.87. The molecule has 2 fully saturated rings. The summed E-state index contributed by atoms with van der Waals surface area (Å²) in [6, 6.07) is 4.21. The van der Waals surface area contributed by atoms with Gasteiger partial charge in [-0.25, -0.2) is 4.39 Å². The van der Waals surface area contributed by atoms with E-state index in [0.717, 1.165) is 12.8 Å². The molecule has 3 heterocycles. The number of amides is 2. The third kappa shape index (κ3) is 2.42. The van der Waals surface area contributed by atoms with Gasteiger partial charge in [0.25, 0.3) is 17.4 Å². The largest absolute Gasteiger partial charge is 0.502 e. The van der Waals surface area contributed by atoms with Crippen LogP contribution in [0.15, 0.2) is 23.0 Å². The first-order valence-electron chi connectivity index (χ1n) is 10.4. The topological polar surface area (TPSA) is 91.6 Å². The fourth-order valence-electron chi connectivity index (χ4n) is 5.81. The van der Waals surface area contributed by atoms with Gasteiger partial charge in [0.2, 0.25) is 0 Å². The summed E-state index contributed by atoms with van der Waals surface area (Å²) < 4.78 is 14.9. The number of carbonyl (C=O) groups is 2. The maximum absolute atomic E-state index is 13.4. The lowest BCUT2D eigenvalue weighted by Gasteiger charge is -2.32. The standard InChI is InChI=1S/C22H19ClFN3O4/c23-14-7-10(1-2-15(14)24)9-26-6-4-12-16(20(26)30)18(28)21(31)27-17(12)19(29)25-22(27)5-3-11-8-13(11)22/h1-2,7,11,13,28H,3-6,8-9H2,(H,25,29)/t11-,13+,22?/m1/s1. The summed E-state index contributed by atoms with van der Waals surface area (Å²) in [7, 11) is 0. The summed E-state index contributed by atoms with van der Waals surface area (Å²) in [5, 5.41) is 13.8. The van der Waals surface area contributed by atoms with Crippen molar-refractivity contribution in [2.75, 3.05) is 6.54 Å². The molecule has 1 aromatic heterocycles. The Kier molecular flexibility index (Phi) is 3.71. The molecule has 0 saturated heterocycles. The number of hydrogen-bond donors (Lipinski definition) is 2. The van der Waals surface area contributed by atoms with Gasteiger partial charge >= 0.3 is 0 Å². The predicted molar refractivity (Wildman–Crippen MR) is 108 cm³/mol. The maximum Gasteiger partial charge on any atom is 0.296 e. The van der Waals surface area contributed by atoms with Gasteiger partial charge in [-0.2, -0.15) is 0 Å². The van der Waals surface area contributed by atoms with E-state index < -0.39 is 28.7 Å². The van der Waals surface area contributed by atoms with E-state index in [9.17, 15) is 23.9 Å². The number of fused-ring (bicyclic) bond motifs is 6. The van der Waals surface area contributed by atoms with Gasteiger partial charge in [0.15, 0.2) is 5.75 Å². The van der Waals surface area contributed by atoms with Crippen molar-refractivity contribution in [2.24, 2.45) is 11.8 Å². The van der Waals surface area contributed by atoms with E-state index in [1.807, 2.05) is 0 Å². The predicted octanol–water partition coefficient (Wildman–Crippen LogP) is 2.37. The summed E-state index contributed by atoms with van der Waals surface area (Å²) in [5.41, 5.74) is -0.306. The van der Waals surface area contributed by atoms with Gasteiger partial charge in [0, 0.05) is 24.6 Å². The lowest BCUT2D eigenvalue weighted by Crippen LogP contribution is -2.48. The molecule has 2 aliphatic carbocycles. The monoisotopic (exact) mass is 443 g/mol. The highest BCUT2D eigenvalue weighted by atomic mass is 35.5. The highest BCUT2D eigenvalue weighted by molar-refractivity contribution is 6.30. The molecule has 31 heavy (non-hydrogen) atoms. The first-order chi connectivity index (χ1) is 14.8. The average Bonchev–Trinajstić information content (AvgIpc) is 3.37. The van der Waals surface area contributed by atoms with Crippen LogP contribution in [0.5, 0.6) is 5.75 Å². The maximum atomic E-state index is 13.4. The quantitative estimate of drug-likeness (QED) is 0.745. The number of hydrogen-bond acceptors (Lipinski definition) is 4. The van der Waals surface area contributed by atoms with Crippen LogP contribution in [-0.2, 0) is 18.6 Å². The van der Waals surface area contributed by atoms with E-state index in [1.54, 1.807) is 0 Å². The van der Waals surface area contributed by atoms with Crippen molar-refractivity contribution in [1.29, 1.82) is 0 Å². The van der Waals surface area contributed by atoms with Crippen LogP contribution in [0.25, 0.3) is 0 Å². The molecule has 2 aromatic rings. The molecule has 0 bridgehead atoms. The molecule has 2 saturated carbocycles. The lowest BCUT2D eigenvalue weighted by atomic mass is 9.95. The molecule has 0 radical (unpaired) electrons. The lowest BCUT2D eigenvalue weighted by molar-refractivity contribution is 0.0721. The Balaban J connectivity index is 1.43. The third-order valence-corrected chi connectivity index (χ3v) is 7.61. The first kappa shape index (κ1) is 18.9. The van der Waals surface area contributed by atoms with Gasteiger partial charge in [0.05, 0.1) is 10.6 Å². The van der Waals surface area contributed by atoms with E-state index >= 15 is 0 Å². The Bertz CT molecular complexity index is 1260. The Morgan fingerprint density at radius 1 is 1.29 bits per heavy atom. The van der Waals surface area contributed by atoms with Crippen molar-refractivity contribution in [3.05, 3.63) is 61.8 Å². The molecular formula is C22H19ClFN3O4. The second-order valence-electron chi connectivity index (χ2n) is 8.94. The van der Waals surface area contributed by atoms with Gasteiger partial charge in [-0.05, 0) is 49.3 Å². The Labute approximate surface area is 181 Å². The van der Waals surface area contributed by atoms with Crippen molar-refractivity contribution in [3.63, 3.8) is 0 Å². The Morgan fingerprint density at radius 3 is 2.77 bits per heavy atom. The highest BCUT2D eigenvalue weighted by Gasteiger charge is 2.63. The van der Waals surface area contributed by atoms with E-state index in [-0.39, 0.29) is 34.6 Å². The SMILES string of the molecule is O=C1NC2(CC[C@@H]3C[C@@H]32)n2c1c1c(c(O)c2=O)C(=O)N(Cc2ccc(F)c(Cl)c2)CC1. The molecular weight excluding hydrogens is 425 g/mol. The smallest absolute Gasteiger partial charge is 0.296 e. The van der Waals surface area contributed by atoms with Crippen LogP contribution in [0.2, 0.25) is 5.02 Å². The van der Waals surface area contributed by atoms with Crippen molar-refractivity contribution < 1.29 is 19.1 Å². The summed E-state index contributed by atoms with van der Waals surface area (Å²) in [5.74, 6) is -1.34. The molecule has 2 N–H and O–H groups in total. The normalized spacial score (nSPS) is 27.9. The zero-order valence-corrected chi connectivity index (χ0v) is 17.2. The summed E-state index contributed by atoms with van der Waals surface area (Å²) in [6.45, 7) is 0.452. The second kappa shape index (κ2) is 6.09. The van der Waals surface area contributed by atoms with Gasteiger partial charge in [0.1, 0.15) is 17.2 Å². The van der Waals surface area contributed by atoms with Gasteiger partial charge < -0.3 is 15.3 Å². The summed E-state index contributed by atoms with van der Waals surface area (Å²) in [6.07, 6.45) is 2.87. The number of nitrogens with zero attached hydrogens (tertiary/aromatic N) is 2. The van der Waals surface area contributed by atoms with E-state index in [0.29, 0.717) is 36.4 Å². The zero-order chi connectivity index (χ0) is 21.7. The van der Waals surface area contributed by atoms with Crippen LogP contribution in [0.3, 0.4) is 0 Å². The van der Waals surface area contributed by atoms with Crippen LogP contribution in [0.1, 0.15) is 51.2 Å². The fraction of sp³-hybridized carbons (Fsp3) is 0.409. The number of aromatic nitrogens is 1. The third-order valence-electron chi connectivity index (χ3n) is 7.32. The minimum Gasteiger partial charge on any atom is -0.502 e. The van der Waals surface area contributed by atoms with Crippen LogP contribution in [-0.4, -0.2) is 32.9 Å². The van der Waals surface area contributed by atoms with Crippen LogP contribution in [0, 0.1) is 17.7 Å². The number of benzene rings is 1. The Morgan fingerprint density at radius 2 is 2.10 bits per heavy atom. The molecule has 7 nitrogen and oxygen atoms in total. The number of nitrogens with one attached hydrogen (secondary N) is 1. The molecule has 1 unspecified atom stereocenters. The van der Waals surface area contributed by atoms with Crippen LogP contribution in [0.4, 0.5) is 4.39 Å². The van der Waals surface area contributed by atoms with Gasteiger partial charge in [-0.1, -0.05) is 17.7 Å². The molecule has 6 rings (SSSR count). The molecule has 2 aliphatic heterocycles. The van der Waals surface area contributed by atoms with E-state index in [4.69, 9.17) is 11.6 Å². The molecule has 2 amide bonds. The number of pyridine rings is 1. The van der Waals surface area contributed by atoms with Crippen molar-refractivity contribution in [3.8, 4) is 5.75 Å². The number of rotatable bonds is 2. The van der Waals surface area contributed by atoms with Crippen molar-refractivity contribution in [1.82, 2.24) is 14.8 Å². The first-order valence-corrected chi connectivity index (χ1v) is 10.8. The number of aromatic hydroxyl groups is 1. The molecule has 3 atom stereocenters. The minimum atomic E-state index is -0.772. The molecule has 1 aromatic carbocycles. The van der Waals surface area contributed by atoms with Crippen LogP contribution < -0.4 is 10.9 Å². The van der Waals surface area contributed by atoms with E-state index in [1.165, 1.54) is 27.7 Å². The van der Waals surface area contributed by atoms with E-state index in [2.05, 4.69) is 5.32 Å². The second-order valence-corrected chi connectivity index (χ2v) is 9.34. The zero-order valence-electron chi connectivity index (χ0n) is 16.5. The number of halogens is 2. The molecule has 4 aliphatic rings. The van der Waals surface area contributed by atoms with Gasteiger partial charge in [-0.3, -0.25) is 19.0 Å². The highest BCUT2D eigenvalue weighted by Crippen LogP contribution is 2.61. The van der Waals surface area contributed by atoms with Crippen molar-refractivity contribution in [2.45, 2.75) is 37.9 Å². The average molecular weight is 444 g/mol. The molecule has 1 spiro atoms. The molecule has 160 valence electrons. The fourth-order valence-corrected chi connectivity index (χ4v) is 6.01. The van der Waals surface area contributed by atoms with Crippen molar-refractivity contribution >= 4 is 23.4 Å². The molecule has 9 heteroatoms. The minimum absolute atomic E-state index is 0.0433. The summed E-state index contributed by atoms with van der Waals surface area (Å²) in [4.78, 5) is 40.8.